The normalized spacial score (nSPS) is 15.2. The standard InChI is InChI=1S/C26H9Cl5N2O4/c27-12-6-8-14(33-25(36)9-3-1-2-4-10(9)26(33)37)11-5-7-13(32-22(11)12)15-23(34)16-17(24(15)35)19(29)21(31)20(30)18(16)28/h1-8,15H. The van der Waals surface area contributed by atoms with Crippen molar-refractivity contribution in [3.8, 4) is 0 Å². The molecule has 2 aliphatic rings. The number of amides is 2. The second kappa shape index (κ2) is 8.51. The lowest BCUT2D eigenvalue weighted by atomic mass is 9.98. The fourth-order valence-corrected chi connectivity index (χ4v) is 5.96. The molecule has 0 spiro atoms. The molecule has 1 aromatic heterocycles. The number of imide groups is 1. The molecule has 0 saturated heterocycles. The third kappa shape index (κ3) is 3.30. The van der Waals surface area contributed by atoms with Crippen LogP contribution in [0.15, 0.2) is 48.5 Å². The van der Waals surface area contributed by atoms with Crippen molar-refractivity contribution in [2.24, 2.45) is 0 Å². The summed E-state index contributed by atoms with van der Waals surface area (Å²) in [4.78, 5) is 58.3. The van der Waals surface area contributed by atoms with Crippen LogP contribution in [0, 0.1) is 0 Å². The van der Waals surface area contributed by atoms with Crippen LogP contribution in [-0.4, -0.2) is 28.4 Å². The Balaban J connectivity index is 1.49. The van der Waals surface area contributed by atoms with Gasteiger partial charge in [-0.25, -0.2) is 9.88 Å². The maximum absolute atomic E-state index is 13.3. The number of benzene rings is 3. The highest BCUT2D eigenvalue weighted by atomic mass is 35.5. The molecule has 11 heteroatoms. The monoisotopic (exact) mass is 588 g/mol. The van der Waals surface area contributed by atoms with Crippen LogP contribution in [0.25, 0.3) is 10.9 Å². The van der Waals surface area contributed by atoms with Crippen LogP contribution < -0.4 is 4.90 Å². The summed E-state index contributed by atoms with van der Waals surface area (Å²) in [6.07, 6.45) is 0. The van der Waals surface area contributed by atoms with E-state index in [1.807, 2.05) is 0 Å². The van der Waals surface area contributed by atoms with Crippen molar-refractivity contribution >= 4 is 98.0 Å². The Morgan fingerprint density at radius 1 is 0.649 bits per heavy atom. The van der Waals surface area contributed by atoms with E-state index >= 15 is 0 Å². The van der Waals surface area contributed by atoms with E-state index in [-0.39, 0.29) is 64.3 Å². The van der Waals surface area contributed by atoms with Gasteiger partial charge in [0.1, 0.15) is 5.92 Å². The van der Waals surface area contributed by atoms with Gasteiger partial charge in [-0.2, -0.15) is 0 Å². The van der Waals surface area contributed by atoms with Gasteiger partial charge < -0.3 is 0 Å². The summed E-state index contributed by atoms with van der Waals surface area (Å²) >= 11 is 31.1. The van der Waals surface area contributed by atoms with Crippen molar-refractivity contribution in [3.63, 3.8) is 0 Å². The number of halogens is 5. The number of fused-ring (bicyclic) bond motifs is 3. The van der Waals surface area contributed by atoms with Crippen LogP contribution >= 0.6 is 58.0 Å². The number of ketones is 2. The van der Waals surface area contributed by atoms with E-state index in [1.54, 1.807) is 36.4 Å². The molecule has 4 aromatic rings. The molecule has 182 valence electrons. The first kappa shape index (κ1) is 24.3. The molecule has 0 radical (unpaired) electrons. The molecular weight excluding hydrogens is 582 g/mol. The third-order valence-electron chi connectivity index (χ3n) is 6.42. The Morgan fingerprint density at radius 2 is 1.19 bits per heavy atom. The van der Waals surface area contributed by atoms with E-state index in [0.717, 1.165) is 4.90 Å². The van der Waals surface area contributed by atoms with Gasteiger partial charge in [-0.15, -0.1) is 0 Å². The van der Waals surface area contributed by atoms with Gasteiger partial charge in [0.25, 0.3) is 11.8 Å². The molecule has 0 N–H and O–H groups in total. The molecule has 2 heterocycles. The second-order valence-corrected chi connectivity index (χ2v) is 10.3. The van der Waals surface area contributed by atoms with Crippen LogP contribution in [0.5, 0.6) is 0 Å². The van der Waals surface area contributed by atoms with Crippen molar-refractivity contribution in [1.29, 1.82) is 0 Å². The average molecular weight is 591 g/mol. The summed E-state index contributed by atoms with van der Waals surface area (Å²) < 4.78 is 0. The minimum Gasteiger partial charge on any atom is -0.293 e. The van der Waals surface area contributed by atoms with Crippen molar-refractivity contribution in [3.05, 3.63) is 102 Å². The first-order valence-electron chi connectivity index (χ1n) is 10.6. The highest BCUT2D eigenvalue weighted by molar-refractivity contribution is 6.56. The van der Waals surface area contributed by atoms with Gasteiger partial charge in [0.2, 0.25) is 0 Å². The molecule has 0 bridgehead atoms. The SMILES string of the molecule is O=C1c2c(Cl)c(Cl)c(Cl)c(Cl)c2C(=O)C1c1ccc2c(N3C(=O)c4ccccc4C3=O)ccc(Cl)c2n1. The summed E-state index contributed by atoms with van der Waals surface area (Å²) in [5, 5.41) is -0.0293. The topological polar surface area (TPSA) is 84.4 Å². The third-order valence-corrected chi connectivity index (χ3v) is 8.53. The maximum Gasteiger partial charge on any atom is 0.266 e. The van der Waals surface area contributed by atoms with Crippen LogP contribution in [0.2, 0.25) is 25.1 Å². The fraction of sp³-hybridized carbons (Fsp3) is 0.0385. The van der Waals surface area contributed by atoms with Gasteiger partial charge in [0, 0.05) is 5.39 Å². The summed E-state index contributed by atoms with van der Waals surface area (Å²) in [5.41, 5.74) is 0.865. The van der Waals surface area contributed by atoms with Crippen LogP contribution in [0.4, 0.5) is 5.69 Å². The number of hydrogen-bond acceptors (Lipinski definition) is 5. The van der Waals surface area contributed by atoms with Crippen molar-refractivity contribution in [1.82, 2.24) is 4.98 Å². The number of nitrogens with zero attached hydrogens (tertiary/aromatic N) is 2. The zero-order valence-corrected chi connectivity index (χ0v) is 21.9. The van der Waals surface area contributed by atoms with Crippen LogP contribution in [0.3, 0.4) is 0 Å². The first-order chi connectivity index (χ1) is 17.6. The summed E-state index contributed by atoms with van der Waals surface area (Å²) in [6, 6.07) is 12.5. The Labute approximate surface area is 233 Å². The van der Waals surface area contributed by atoms with Gasteiger partial charge in [0.15, 0.2) is 11.6 Å². The molecule has 37 heavy (non-hydrogen) atoms. The minimum atomic E-state index is -1.36. The molecule has 3 aromatic carbocycles. The maximum atomic E-state index is 13.3. The number of hydrogen-bond donors (Lipinski definition) is 0. The van der Waals surface area contributed by atoms with Gasteiger partial charge in [-0.3, -0.25) is 19.2 Å². The molecule has 2 amide bonds. The smallest absolute Gasteiger partial charge is 0.266 e. The van der Waals surface area contributed by atoms with Crippen molar-refractivity contribution in [2.75, 3.05) is 4.90 Å². The van der Waals surface area contributed by atoms with Gasteiger partial charge in [-0.05, 0) is 36.4 Å². The number of carbonyl (C=O) groups is 4. The fourth-order valence-electron chi connectivity index (χ4n) is 4.72. The van der Waals surface area contributed by atoms with Crippen LogP contribution in [-0.2, 0) is 0 Å². The van der Waals surface area contributed by atoms with Gasteiger partial charge >= 0.3 is 0 Å². The lowest BCUT2D eigenvalue weighted by molar-refractivity contribution is 0.0882. The summed E-state index contributed by atoms with van der Waals surface area (Å²) in [7, 11) is 0. The zero-order chi connectivity index (χ0) is 26.3. The predicted octanol–water partition coefficient (Wildman–Crippen LogP) is 7.47. The Morgan fingerprint density at radius 3 is 1.73 bits per heavy atom. The van der Waals surface area contributed by atoms with Gasteiger partial charge in [0.05, 0.1) is 64.3 Å². The van der Waals surface area contributed by atoms with E-state index in [1.165, 1.54) is 12.1 Å². The Bertz CT molecular complexity index is 1700. The van der Waals surface area contributed by atoms with E-state index in [0.29, 0.717) is 5.39 Å². The predicted molar refractivity (Wildman–Crippen MR) is 142 cm³/mol. The molecule has 1 aliphatic heterocycles. The van der Waals surface area contributed by atoms with Crippen molar-refractivity contribution in [2.45, 2.75) is 5.92 Å². The first-order valence-corrected chi connectivity index (χ1v) is 12.5. The quantitative estimate of drug-likeness (QED) is 0.105. The molecule has 0 saturated carbocycles. The highest BCUT2D eigenvalue weighted by Crippen LogP contribution is 2.48. The number of Topliss-reactive ketones (excluding diaryl/α,β-unsaturated/α-hetero) is 2. The van der Waals surface area contributed by atoms with E-state index in [9.17, 15) is 19.2 Å². The highest BCUT2D eigenvalue weighted by Gasteiger charge is 2.45. The molecule has 6 rings (SSSR count). The average Bonchev–Trinajstić information content (AvgIpc) is 3.31. The molecular formula is C26H9Cl5N2O4. The van der Waals surface area contributed by atoms with Gasteiger partial charge in [-0.1, -0.05) is 70.1 Å². The molecule has 6 nitrogen and oxygen atoms in total. The molecule has 1 aliphatic carbocycles. The molecule has 0 unspecified atom stereocenters. The van der Waals surface area contributed by atoms with Crippen LogP contribution in [0.1, 0.15) is 53.0 Å². The van der Waals surface area contributed by atoms with E-state index < -0.39 is 29.3 Å². The number of pyridine rings is 1. The summed E-state index contributed by atoms with van der Waals surface area (Å²) in [6.45, 7) is 0. The van der Waals surface area contributed by atoms with Crippen molar-refractivity contribution < 1.29 is 19.2 Å². The zero-order valence-electron chi connectivity index (χ0n) is 18.1. The summed E-state index contributed by atoms with van der Waals surface area (Å²) in [5.74, 6) is -3.59. The number of aromatic nitrogens is 1. The van der Waals surface area contributed by atoms with E-state index in [2.05, 4.69) is 4.98 Å². The number of rotatable bonds is 2. The molecule has 0 atom stereocenters. The Kier molecular flexibility index (Phi) is 5.60. The second-order valence-electron chi connectivity index (χ2n) is 8.36. The van der Waals surface area contributed by atoms with E-state index in [4.69, 9.17) is 58.0 Å². The number of anilines is 1. The Hall–Kier alpha value is -3.00. The largest absolute Gasteiger partial charge is 0.293 e. The lowest BCUT2D eigenvalue weighted by Crippen LogP contribution is -2.29. The lowest BCUT2D eigenvalue weighted by Gasteiger charge is -2.18. The minimum absolute atomic E-state index is 0.0829. The number of carbonyl (C=O) groups excluding carboxylic acids is 4. The molecule has 0 fully saturated rings.